The first kappa shape index (κ1) is 24.6. The zero-order valence-electron chi connectivity index (χ0n) is 18.8. The molecule has 3 rings (SSSR count). The van der Waals surface area contributed by atoms with Crippen LogP contribution in [0.2, 0.25) is 0 Å². The summed E-state index contributed by atoms with van der Waals surface area (Å²) in [6, 6.07) is 13.2. The molecule has 0 saturated carbocycles. The molecule has 1 heterocycles. The van der Waals surface area contributed by atoms with Crippen molar-refractivity contribution in [3.8, 4) is 0 Å². The van der Waals surface area contributed by atoms with Crippen molar-refractivity contribution < 1.29 is 22.7 Å². The molecular formula is C23H25N3O5S2. The first-order valence-electron chi connectivity index (χ1n) is 10.2. The van der Waals surface area contributed by atoms with Crippen molar-refractivity contribution in [2.75, 3.05) is 19.0 Å². The van der Waals surface area contributed by atoms with Gasteiger partial charge in [-0.1, -0.05) is 19.1 Å². The molecule has 0 aliphatic heterocycles. The molecule has 10 heteroatoms. The summed E-state index contributed by atoms with van der Waals surface area (Å²) in [7, 11) is -0.699. The Kier molecular flexibility index (Phi) is 7.62. The number of aromatic nitrogens is 1. The van der Waals surface area contributed by atoms with E-state index in [2.05, 4.69) is 11.9 Å². The summed E-state index contributed by atoms with van der Waals surface area (Å²) in [5.74, 6) is -0.776. The summed E-state index contributed by atoms with van der Waals surface area (Å²) in [6.45, 7) is 3.45. The minimum absolute atomic E-state index is 0.0758. The predicted molar refractivity (Wildman–Crippen MR) is 127 cm³/mol. The first-order valence-corrected chi connectivity index (χ1v) is 12.5. The first-order chi connectivity index (χ1) is 15.6. The molecule has 0 atom stereocenters. The number of thiazole rings is 1. The molecule has 0 radical (unpaired) electrons. The van der Waals surface area contributed by atoms with E-state index in [1.165, 1.54) is 67.1 Å². The highest BCUT2D eigenvalue weighted by atomic mass is 32.2. The van der Waals surface area contributed by atoms with Gasteiger partial charge in [-0.05, 0) is 48.4 Å². The quantitative estimate of drug-likeness (QED) is 0.446. The van der Waals surface area contributed by atoms with Gasteiger partial charge in [0.2, 0.25) is 15.9 Å². The van der Waals surface area contributed by atoms with Crippen molar-refractivity contribution >= 4 is 44.1 Å². The van der Waals surface area contributed by atoms with Crippen LogP contribution in [0.1, 0.15) is 35.5 Å². The van der Waals surface area contributed by atoms with Gasteiger partial charge >= 0.3 is 5.97 Å². The maximum atomic E-state index is 12.4. The molecule has 0 bridgehead atoms. The molecular weight excluding hydrogens is 462 g/mol. The second-order valence-electron chi connectivity index (χ2n) is 7.38. The third kappa shape index (κ3) is 5.65. The highest BCUT2D eigenvalue weighted by Crippen LogP contribution is 2.29. The van der Waals surface area contributed by atoms with E-state index in [4.69, 9.17) is 4.74 Å². The van der Waals surface area contributed by atoms with Gasteiger partial charge in [0.25, 0.3) is 0 Å². The number of hydrogen-bond acceptors (Lipinski definition) is 7. The van der Waals surface area contributed by atoms with Crippen LogP contribution in [-0.4, -0.2) is 43.7 Å². The number of sulfonamides is 1. The fraction of sp³-hybridized carbons (Fsp3) is 0.261. The lowest BCUT2D eigenvalue weighted by atomic mass is 10.1. The van der Waals surface area contributed by atoms with Gasteiger partial charge in [0.15, 0.2) is 5.13 Å². The predicted octanol–water partition coefficient (Wildman–Crippen LogP) is 4.00. The highest BCUT2D eigenvalue weighted by molar-refractivity contribution is 7.89. The summed E-state index contributed by atoms with van der Waals surface area (Å²) in [6.07, 6.45) is 0.904. The Bertz CT molecular complexity index is 1230. The standard InChI is InChI=1S/C23H25N3O5S2/c1-5-17-6-10-20(11-7-17)26(16(2)27)23-24-19(15-32-23)14-31-22(28)18-8-12-21(13-9-18)33(29,30)25(3)4/h6-13,15H,5,14H2,1-4H3. The highest BCUT2D eigenvalue weighted by Gasteiger charge is 2.20. The molecule has 0 N–H and O–H groups in total. The monoisotopic (exact) mass is 487 g/mol. The van der Waals surface area contributed by atoms with Crippen LogP contribution in [0.5, 0.6) is 0 Å². The number of hydrogen-bond donors (Lipinski definition) is 0. The molecule has 8 nitrogen and oxygen atoms in total. The van der Waals surface area contributed by atoms with E-state index in [-0.39, 0.29) is 23.0 Å². The summed E-state index contributed by atoms with van der Waals surface area (Å²) in [4.78, 5) is 30.7. The number of anilines is 2. The average Bonchev–Trinajstić information content (AvgIpc) is 3.26. The van der Waals surface area contributed by atoms with Crippen molar-refractivity contribution in [3.63, 3.8) is 0 Å². The summed E-state index contributed by atoms with van der Waals surface area (Å²) < 4.78 is 30.7. The van der Waals surface area contributed by atoms with E-state index in [1.54, 1.807) is 5.38 Å². The van der Waals surface area contributed by atoms with E-state index in [0.717, 1.165) is 10.7 Å². The number of esters is 1. The second-order valence-corrected chi connectivity index (χ2v) is 10.4. The zero-order valence-corrected chi connectivity index (χ0v) is 20.4. The molecule has 0 aliphatic rings. The fourth-order valence-electron chi connectivity index (χ4n) is 2.97. The van der Waals surface area contributed by atoms with Gasteiger partial charge in [-0.3, -0.25) is 9.69 Å². The van der Waals surface area contributed by atoms with E-state index in [0.29, 0.717) is 16.5 Å². The van der Waals surface area contributed by atoms with E-state index >= 15 is 0 Å². The van der Waals surface area contributed by atoms with E-state index < -0.39 is 16.0 Å². The van der Waals surface area contributed by atoms with Crippen LogP contribution < -0.4 is 4.90 Å². The molecule has 3 aromatic rings. The van der Waals surface area contributed by atoms with Crippen molar-refractivity contribution in [2.24, 2.45) is 0 Å². The summed E-state index contributed by atoms with van der Waals surface area (Å²) >= 11 is 1.28. The van der Waals surface area contributed by atoms with Gasteiger partial charge in [0.1, 0.15) is 6.61 Å². The molecule has 0 spiro atoms. The minimum Gasteiger partial charge on any atom is -0.456 e. The average molecular weight is 488 g/mol. The molecule has 174 valence electrons. The van der Waals surface area contributed by atoms with Gasteiger partial charge in [0.05, 0.1) is 21.8 Å². The van der Waals surface area contributed by atoms with Crippen molar-refractivity contribution in [2.45, 2.75) is 31.8 Å². The SMILES string of the molecule is CCc1ccc(N(C(C)=O)c2nc(COC(=O)c3ccc(S(=O)(=O)N(C)C)cc3)cs2)cc1. The van der Waals surface area contributed by atoms with Crippen molar-refractivity contribution in [3.05, 3.63) is 70.7 Å². The lowest BCUT2D eigenvalue weighted by molar-refractivity contribution is -0.115. The fourth-order valence-corrected chi connectivity index (χ4v) is 4.74. The summed E-state index contributed by atoms with van der Waals surface area (Å²) in [5, 5.41) is 2.21. The Morgan fingerprint density at radius 1 is 1.03 bits per heavy atom. The number of benzene rings is 2. The van der Waals surface area contributed by atoms with Crippen LogP contribution in [0.3, 0.4) is 0 Å². The maximum absolute atomic E-state index is 12.4. The van der Waals surface area contributed by atoms with Crippen LogP contribution >= 0.6 is 11.3 Å². The van der Waals surface area contributed by atoms with Crippen LogP contribution in [0.15, 0.2) is 58.8 Å². The Balaban J connectivity index is 1.68. The molecule has 2 aromatic carbocycles. The van der Waals surface area contributed by atoms with Gasteiger partial charge in [-0.2, -0.15) is 0 Å². The van der Waals surface area contributed by atoms with Crippen LogP contribution in [0.4, 0.5) is 10.8 Å². The maximum Gasteiger partial charge on any atom is 0.338 e. The zero-order chi connectivity index (χ0) is 24.2. The number of carbonyl (C=O) groups is 2. The number of amides is 1. The number of nitrogens with zero attached hydrogens (tertiary/aromatic N) is 3. The van der Waals surface area contributed by atoms with Crippen LogP contribution in [0, 0.1) is 0 Å². The second kappa shape index (κ2) is 10.2. The molecule has 0 saturated heterocycles. The molecule has 1 amide bonds. The number of ether oxygens (including phenoxy) is 1. The smallest absolute Gasteiger partial charge is 0.338 e. The van der Waals surface area contributed by atoms with Crippen molar-refractivity contribution in [1.29, 1.82) is 0 Å². The van der Waals surface area contributed by atoms with Crippen LogP contribution in [0.25, 0.3) is 0 Å². The van der Waals surface area contributed by atoms with Crippen LogP contribution in [-0.2, 0) is 32.6 Å². The molecule has 33 heavy (non-hydrogen) atoms. The Labute approximate surface area is 197 Å². The Morgan fingerprint density at radius 3 is 2.21 bits per heavy atom. The lowest BCUT2D eigenvalue weighted by Gasteiger charge is -2.18. The minimum atomic E-state index is -3.57. The third-order valence-electron chi connectivity index (χ3n) is 4.87. The normalized spacial score (nSPS) is 11.4. The molecule has 1 aromatic heterocycles. The summed E-state index contributed by atoms with van der Waals surface area (Å²) in [5.41, 5.74) is 2.61. The molecule has 0 unspecified atom stereocenters. The van der Waals surface area contributed by atoms with Crippen molar-refractivity contribution in [1.82, 2.24) is 9.29 Å². The Hall–Kier alpha value is -3.08. The Morgan fingerprint density at radius 2 is 1.67 bits per heavy atom. The van der Waals surface area contributed by atoms with Gasteiger partial charge in [-0.15, -0.1) is 11.3 Å². The van der Waals surface area contributed by atoms with E-state index in [1.807, 2.05) is 24.3 Å². The number of carbonyl (C=O) groups excluding carboxylic acids is 2. The largest absolute Gasteiger partial charge is 0.456 e. The van der Waals surface area contributed by atoms with Gasteiger partial charge in [-0.25, -0.2) is 22.5 Å². The molecule has 0 aliphatic carbocycles. The third-order valence-corrected chi connectivity index (χ3v) is 7.57. The topological polar surface area (TPSA) is 96.9 Å². The van der Waals surface area contributed by atoms with E-state index in [9.17, 15) is 18.0 Å². The van der Waals surface area contributed by atoms with Gasteiger partial charge < -0.3 is 4.74 Å². The van der Waals surface area contributed by atoms with Gasteiger partial charge in [0, 0.05) is 26.4 Å². The lowest BCUT2D eigenvalue weighted by Crippen LogP contribution is -2.22. The number of aryl methyl sites for hydroxylation is 1. The number of rotatable bonds is 8. The molecule has 0 fully saturated rings.